The van der Waals surface area contributed by atoms with Crippen LogP contribution in [0, 0.1) is 15.9 Å². The highest BCUT2D eigenvalue weighted by Crippen LogP contribution is 2.27. The van der Waals surface area contributed by atoms with Crippen LogP contribution in [-0.2, 0) is 9.53 Å². The lowest BCUT2D eigenvalue weighted by Gasteiger charge is -2.23. The van der Waals surface area contributed by atoms with Crippen molar-refractivity contribution in [3.63, 3.8) is 0 Å². The Morgan fingerprint density at radius 3 is 2.86 bits per heavy atom. The number of nitro groups is 1. The van der Waals surface area contributed by atoms with Gasteiger partial charge in [-0.1, -0.05) is 0 Å². The first kappa shape index (κ1) is 15.2. The van der Waals surface area contributed by atoms with Crippen LogP contribution in [0.4, 0.5) is 10.1 Å². The van der Waals surface area contributed by atoms with Gasteiger partial charge in [0.2, 0.25) is 5.75 Å². The largest absolute Gasteiger partial charge is 0.477 e. The van der Waals surface area contributed by atoms with Gasteiger partial charge < -0.3 is 14.8 Å². The lowest BCUT2D eigenvalue weighted by Crippen LogP contribution is -2.41. The molecule has 0 unspecified atom stereocenters. The zero-order valence-corrected chi connectivity index (χ0v) is 11.2. The summed E-state index contributed by atoms with van der Waals surface area (Å²) >= 11 is 0. The van der Waals surface area contributed by atoms with E-state index in [9.17, 15) is 19.3 Å². The van der Waals surface area contributed by atoms with Gasteiger partial charge >= 0.3 is 5.69 Å². The third-order valence-corrected chi connectivity index (χ3v) is 3.06. The van der Waals surface area contributed by atoms with Crippen LogP contribution >= 0.6 is 0 Å². The Morgan fingerprint density at radius 2 is 2.19 bits per heavy atom. The van der Waals surface area contributed by atoms with Gasteiger partial charge in [-0.15, -0.1) is 0 Å². The minimum Gasteiger partial charge on any atom is -0.477 e. The number of halogens is 1. The standard InChI is InChI=1S/C13H15FN2O5/c14-9-1-2-11(16(18)19)12(7-9)21-8-13(17)15-10-3-5-20-6-4-10/h1-2,7,10H,3-6,8H2,(H,15,17). The number of benzene rings is 1. The van der Waals surface area contributed by atoms with Crippen molar-refractivity contribution >= 4 is 11.6 Å². The summed E-state index contributed by atoms with van der Waals surface area (Å²) in [6.07, 6.45) is 1.43. The summed E-state index contributed by atoms with van der Waals surface area (Å²) in [5.41, 5.74) is -0.379. The van der Waals surface area contributed by atoms with Gasteiger partial charge in [0.15, 0.2) is 6.61 Å². The maximum Gasteiger partial charge on any atom is 0.311 e. The molecule has 1 fully saturated rings. The van der Waals surface area contributed by atoms with Crippen LogP contribution in [0.5, 0.6) is 5.75 Å². The van der Waals surface area contributed by atoms with E-state index in [1.54, 1.807) is 0 Å². The molecule has 0 saturated carbocycles. The number of nitrogens with one attached hydrogen (secondary N) is 1. The number of hydrogen-bond acceptors (Lipinski definition) is 5. The van der Waals surface area contributed by atoms with E-state index in [2.05, 4.69) is 5.32 Å². The van der Waals surface area contributed by atoms with Crippen molar-refractivity contribution in [2.24, 2.45) is 0 Å². The number of carbonyl (C=O) groups excluding carboxylic acids is 1. The molecule has 1 saturated heterocycles. The maximum absolute atomic E-state index is 13.1. The van der Waals surface area contributed by atoms with Crippen molar-refractivity contribution in [2.45, 2.75) is 18.9 Å². The van der Waals surface area contributed by atoms with E-state index in [4.69, 9.17) is 9.47 Å². The second-order valence-corrected chi connectivity index (χ2v) is 4.61. The average molecular weight is 298 g/mol. The van der Waals surface area contributed by atoms with E-state index >= 15 is 0 Å². The molecule has 1 N–H and O–H groups in total. The molecule has 0 spiro atoms. The van der Waals surface area contributed by atoms with Crippen LogP contribution in [0.1, 0.15) is 12.8 Å². The quantitative estimate of drug-likeness (QED) is 0.655. The molecule has 0 radical (unpaired) electrons. The van der Waals surface area contributed by atoms with Crippen LogP contribution in [0.3, 0.4) is 0 Å². The first-order valence-electron chi connectivity index (χ1n) is 6.50. The Bertz CT molecular complexity index is 531. The molecule has 1 aromatic carbocycles. The van der Waals surface area contributed by atoms with Gasteiger partial charge in [-0.3, -0.25) is 14.9 Å². The fraction of sp³-hybridized carbons (Fsp3) is 0.462. The normalized spacial score (nSPS) is 15.5. The summed E-state index contributed by atoms with van der Waals surface area (Å²) in [4.78, 5) is 21.8. The Balaban J connectivity index is 1.91. The summed E-state index contributed by atoms with van der Waals surface area (Å²) in [6.45, 7) is 0.768. The Hall–Kier alpha value is -2.22. The van der Waals surface area contributed by atoms with Crippen molar-refractivity contribution in [1.82, 2.24) is 5.32 Å². The predicted octanol–water partition coefficient (Wildman–Crippen LogP) is 1.41. The zero-order chi connectivity index (χ0) is 15.2. The van der Waals surface area contributed by atoms with Crippen molar-refractivity contribution in [2.75, 3.05) is 19.8 Å². The molecule has 8 heteroatoms. The minimum absolute atomic E-state index is 0.0114. The Kier molecular flexibility index (Phi) is 5.04. The molecule has 2 rings (SSSR count). The molecule has 0 aliphatic carbocycles. The van der Waals surface area contributed by atoms with Crippen molar-refractivity contribution < 1.29 is 23.6 Å². The van der Waals surface area contributed by atoms with Gasteiger partial charge in [0.25, 0.3) is 5.91 Å². The molecule has 0 atom stereocenters. The van der Waals surface area contributed by atoms with Crippen molar-refractivity contribution in [3.8, 4) is 5.75 Å². The molecule has 1 aliphatic heterocycles. The number of ether oxygens (including phenoxy) is 2. The highest BCUT2D eigenvalue weighted by Gasteiger charge is 2.19. The lowest BCUT2D eigenvalue weighted by molar-refractivity contribution is -0.385. The minimum atomic E-state index is -0.689. The van der Waals surface area contributed by atoms with Crippen LogP contribution in [0.15, 0.2) is 18.2 Å². The average Bonchev–Trinajstić information content (AvgIpc) is 2.46. The molecular formula is C13H15FN2O5. The van der Waals surface area contributed by atoms with Gasteiger partial charge in [0.1, 0.15) is 5.82 Å². The Labute approximate surface area is 120 Å². The number of nitrogens with zero attached hydrogens (tertiary/aromatic N) is 1. The fourth-order valence-corrected chi connectivity index (χ4v) is 2.01. The number of rotatable bonds is 5. The molecule has 1 aliphatic rings. The number of carbonyl (C=O) groups is 1. The molecule has 7 nitrogen and oxygen atoms in total. The SMILES string of the molecule is O=C(COc1cc(F)ccc1[N+](=O)[O-])NC1CCOCC1. The first-order valence-corrected chi connectivity index (χ1v) is 6.50. The van der Waals surface area contributed by atoms with Gasteiger partial charge in [0, 0.05) is 31.4 Å². The molecule has 1 heterocycles. The van der Waals surface area contributed by atoms with E-state index in [1.165, 1.54) is 0 Å². The predicted molar refractivity (Wildman–Crippen MR) is 70.5 cm³/mol. The molecule has 0 bridgehead atoms. The maximum atomic E-state index is 13.1. The third kappa shape index (κ3) is 4.38. The summed E-state index contributed by atoms with van der Waals surface area (Å²) in [5.74, 6) is -1.33. The summed E-state index contributed by atoms with van der Waals surface area (Å²) in [7, 11) is 0. The van der Waals surface area contributed by atoms with Gasteiger partial charge in [-0.05, 0) is 18.9 Å². The zero-order valence-electron chi connectivity index (χ0n) is 11.2. The lowest BCUT2D eigenvalue weighted by atomic mass is 10.1. The number of nitro benzene ring substituents is 1. The second-order valence-electron chi connectivity index (χ2n) is 4.61. The summed E-state index contributed by atoms with van der Waals surface area (Å²) in [5, 5.41) is 13.5. The van der Waals surface area contributed by atoms with Gasteiger partial charge in [-0.2, -0.15) is 0 Å². The monoisotopic (exact) mass is 298 g/mol. The molecular weight excluding hydrogens is 283 g/mol. The van der Waals surface area contributed by atoms with E-state index in [0.717, 1.165) is 18.2 Å². The molecule has 1 aromatic rings. The highest BCUT2D eigenvalue weighted by atomic mass is 19.1. The smallest absolute Gasteiger partial charge is 0.311 e. The van der Waals surface area contributed by atoms with E-state index in [1.807, 2.05) is 0 Å². The molecule has 1 amide bonds. The second kappa shape index (κ2) is 6.98. The van der Waals surface area contributed by atoms with E-state index in [-0.39, 0.29) is 17.5 Å². The van der Waals surface area contributed by atoms with Crippen LogP contribution in [0.2, 0.25) is 0 Å². The summed E-state index contributed by atoms with van der Waals surface area (Å²) in [6, 6.07) is 2.87. The van der Waals surface area contributed by atoms with Crippen LogP contribution in [0.25, 0.3) is 0 Å². The molecule has 21 heavy (non-hydrogen) atoms. The number of hydrogen-bond donors (Lipinski definition) is 1. The first-order chi connectivity index (χ1) is 10.1. The highest BCUT2D eigenvalue weighted by molar-refractivity contribution is 5.78. The van der Waals surface area contributed by atoms with Crippen molar-refractivity contribution in [1.29, 1.82) is 0 Å². The van der Waals surface area contributed by atoms with Gasteiger partial charge in [-0.25, -0.2) is 4.39 Å². The van der Waals surface area contributed by atoms with Crippen LogP contribution < -0.4 is 10.1 Å². The van der Waals surface area contributed by atoms with E-state index in [0.29, 0.717) is 26.1 Å². The van der Waals surface area contributed by atoms with Gasteiger partial charge in [0.05, 0.1) is 4.92 Å². The third-order valence-electron chi connectivity index (χ3n) is 3.06. The van der Waals surface area contributed by atoms with Crippen molar-refractivity contribution in [3.05, 3.63) is 34.1 Å². The molecule has 114 valence electrons. The fourth-order valence-electron chi connectivity index (χ4n) is 2.01. The number of amides is 1. The Morgan fingerprint density at radius 1 is 1.48 bits per heavy atom. The topological polar surface area (TPSA) is 90.7 Å². The molecule has 0 aromatic heterocycles. The van der Waals surface area contributed by atoms with Crippen LogP contribution in [-0.4, -0.2) is 36.7 Å². The van der Waals surface area contributed by atoms with E-state index < -0.39 is 23.3 Å². The summed E-state index contributed by atoms with van der Waals surface area (Å²) < 4.78 is 23.3.